The first kappa shape index (κ1) is 17.3. The standard InChI is InChI=1S/C18H18N4O4S/c1-21-15-7-5-13(10-16(15)22(2)18(21)24)27(25,26)20-12-4-6-14-11(9-12)3-8-17(23)19-14/h4-7,9-10,20H,3,8H2,1-2H3,(H,19,23). The van der Waals surface area contributed by atoms with Gasteiger partial charge < -0.3 is 5.32 Å². The molecule has 1 aliphatic rings. The Morgan fingerprint density at radius 3 is 2.48 bits per heavy atom. The van der Waals surface area contributed by atoms with E-state index in [0.29, 0.717) is 35.2 Å². The molecule has 4 rings (SSSR count). The average Bonchev–Trinajstić information content (AvgIpc) is 2.85. The molecule has 27 heavy (non-hydrogen) atoms. The lowest BCUT2D eigenvalue weighted by Crippen LogP contribution is -2.19. The lowest BCUT2D eigenvalue weighted by Gasteiger charge is -2.18. The second-order valence-electron chi connectivity index (χ2n) is 6.58. The van der Waals surface area contributed by atoms with E-state index in [9.17, 15) is 18.0 Å². The van der Waals surface area contributed by atoms with Gasteiger partial charge in [-0.25, -0.2) is 13.2 Å². The number of carbonyl (C=O) groups is 1. The number of anilines is 2. The van der Waals surface area contributed by atoms with Crippen LogP contribution in [0.15, 0.2) is 46.1 Å². The summed E-state index contributed by atoms with van der Waals surface area (Å²) in [7, 11) is -0.579. The number of benzene rings is 2. The number of amides is 1. The number of nitrogens with one attached hydrogen (secondary N) is 2. The molecule has 0 bridgehead atoms. The molecular formula is C18H18N4O4S. The van der Waals surface area contributed by atoms with E-state index in [1.54, 1.807) is 38.4 Å². The Morgan fingerprint density at radius 1 is 0.963 bits per heavy atom. The fraction of sp³-hybridized carbons (Fsp3) is 0.222. The molecule has 0 saturated carbocycles. The molecule has 0 atom stereocenters. The van der Waals surface area contributed by atoms with Gasteiger partial charge in [0.15, 0.2) is 0 Å². The van der Waals surface area contributed by atoms with Gasteiger partial charge in [0.1, 0.15) is 0 Å². The van der Waals surface area contributed by atoms with Crippen molar-refractivity contribution in [1.29, 1.82) is 0 Å². The second kappa shape index (κ2) is 5.98. The Bertz CT molecular complexity index is 1250. The van der Waals surface area contributed by atoms with E-state index in [1.165, 1.54) is 21.3 Å². The number of nitrogens with zero attached hydrogens (tertiary/aromatic N) is 2. The van der Waals surface area contributed by atoms with Gasteiger partial charge in [0.05, 0.1) is 15.9 Å². The number of rotatable bonds is 3. The van der Waals surface area contributed by atoms with E-state index in [-0.39, 0.29) is 16.5 Å². The summed E-state index contributed by atoms with van der Waals surface area (Å²) < 4.78 is 31.0. The predicted octanol–water partition coefficient (Wildman–Crippen LogP) is 1.56. The summed E-state index contributed by atoms with van der Waals surface area (Å²) >= 11 is 0. The summed E-state index contributed by atoms with van der Waals surface area (Å²) in [5.41, 5.74) is 2.99. The molecule has 1 amide bonds. The van der Waals surface area contributed by atoms with E-state index in [4.69, 9.17) is 0 Å². The maximum Gasteiger partial charge on any atom is 0.328 e. The zero-order chi connectivity index (χ0) is 19.3. The first-order chi connectivity index (χ1) is 12.8. The molecule has 3 aromatic rings. The second-order valence-corrected chi connectivity index (χ2v) is 8.26. The van der Waals surface area contributed by atoms with Crippen molar-refractivity contribution in [1.82, 2.24) is 9.13 Å². The van der Waals surface area contributed by atoms with Crippen molar-refractivity contribution in [2.24, 2.45) is 14.1 Å². The zero-order valence-corrected chi connectivity index (χ0v) is 15.6. The molecule has 1 aliphatic heterocycles. The quantitative estimate of drug-likeness (QED) is 0.713. The summed E-state index contributed by atoms with van der Waals surface area (Å²) in [6.07, 6.45) is 0.941. The molecule has 2 N–H and O–H groups in total. The third kappa shape index (κ3) is 2.89. The topological polar surface area (TPSA) is 102 Å². The maximum atomic E-state index is 12.8. The molecule has 0 spiro atoms. The molecule has 0 saturated heterocycles. The third-order valence-electron chi connectivity index (χ3n) is 4.81. The van der Waals surface area contributed by atoms with E-state index >= 15 is 0 Å². The molecule has 140 valence electrons. The van der Waals surface area contributed by atoms with Crippen molar-refractivity contribution in [3.8, 4) is 0 Å². The van der Waals surface area contributed by atoms with Gasteiger partial charge in [0.2, 0.25) is 5.91 Å². The van der Waals surface area contributed by atoms with Crippen LogP contribution in [0, 0.1) is 0 Å². The minimum Gasteiger partial charge on any atom is -0.326 e. The lowest BCUT2D eigenvalue weighted by atomic mass is 10.0. The molecular weight excluding hydrogens is 368 g/mol. The number of carbonyl (C=O) groups excluding carboxylic acids is 1. The lowest BCUT2D eigenvalue weighted by molar-refractivity contribution is -0.116. The van der Waals surface area contributed by atoms with Gasteiger partial charge in [-0.2, -0.15) is 0 Å². The Kier molecular flexibility index (Phi) is 3.84. The van der Waals surface area contributed by atoms with Crippen LogP contribution in [0.5, 0.6) is 0 Å². The van der Waals surface area contributed by atoms with E-state index in [0.717, 1.165) is 5.56 Å². The molecule has 0 unspecified atom stereocenters. The van der Waals surface area contributed by atoms with Gasteiger partial charge in [0, 0.05) is 31.9 Å². The summed E-state index contributed by atoms with van der Waals surface area (Å²) in [4.78, 5) is 23.5. The van der Waals surface area contributed by atoms with Crippen molar-refractivity contribution in [2.75, 3.05) is 10.0 Å². The van der Waals surface area contributed by atoms with Crippen molar-refractivity contribution < 1.29 is 13.2 Å². The fourth-order valence-electron chi connectivity index (χ4n) is 3.31. The van der Waals surface area contributed by atoms with Crippen LogP contribution in [0.25, 0.3) is 11.0 Å². The van der Waals surface area contributed by atoms with Crippen molar-refractivity contribution in [2.45, 2.75) is 17.7 Å². The van der Waals surface area contributed by atoms with Crippen LogP contribution in [0.3, 0.4) is 0 Å². The third-order valence-corrected chi connectivity index (χ3v) is 6.19. The Hall–Kier alpha value is -3.07. The summed E-state index contributed by atoms with van der Waals surface area (Å²) in [6, 6.07) is 9.60. The SMILES string of the molecule is Cn1c(=O)n(C)c2cc(S(=O)(=O)Nc3ccc4c(c3)CCC(=O)N4)ccc21. The molecule has 9 heteroatoms. The molecule has 1 aromatic heterocycles. The molecule has 0 aliphatic carbocycles. The minimum absolute atomic E-state index is 0.0439. The van der Waals surface area contributed by atoms with Crippen molar-refractivity contribution >= 4 is 38.3 Å². The number of fused-ring (bicyclic) bond motifs is 2. The maximum absolute atomic E-state index is 12.8. The van der Waals surface area contributed by atoms with Crippen molar-refractivity contribution in [3.63, 3.8) is 0 Å². The molecule has 8 nitrogen and oxygen atoms in total. The summed E-state index contributed by atoms with van der Waals surface area (Å²) in [5, 5.41) is 2.76. The molecule has 0 radical (unpaired) electrons. The smallest absolute Gasteiger partial charge is 0.326 e. The normalized spacial score (nSPS) is 14.1. The van der Waals surface area contributed by atoms with Crippen LogP contribution in [-0.4, -0.2) is 23.5 Å². The number of hydrogen-bond acceptors (Lipinski definition) is 4. The highest BCUT2D eigenvalue weighted by Crippen LogP contribution is 2.27. The monoisotopic (exact) mass is 386 g/mol. The van der Waals surface area contributed by atoms with Crippen molar-refractivity contribution in [3.05, 3.63) is 52.4 Å². The fourth-order valence-corrected chi connectivity index (χ4v) is 4.38. The van der Waals surface area contributed by atoms with Crippen LogP contribution in [-0.2, 0) is 35.3 Å². The Labute approximate surface area is 155 Å². The van der Waals surface area contributed by atoms with Gasteiger partial charge in [-0.3, -0.25) is 18.7 Å². The molecule has 2 heterocycles. The predicted molar refractivity (Wildman–Crippen MR) is 102 cm³/mol. The van der Waals surface area contributed by atoms with E-state index < -0.39 is 10.0 Å². The highest BCUT2D eigenvalue weighted by atomic mass is 32.2. The largest absolute Gasteiger partial charge is 0.328 e. The number of aryl methyl sites for hydroxylation is 3. The van der Waals surface area contributed by atoms with Crippen LogP contribution in [0.2, 0.25) is 0 Å². The highest BCUT2D eigenvalue weighted by Gasteiger charge is 2.19. The van der Waals surface area contributed by atoms with Gasteiger partial charge in [-0.1, -0.05) is 0 Å². The number of aromatic nitrogens is 2. The first-order valence-electron chi connectivity index (χ1n) is 8.37. The summed E-state index contributed by atoms with van der Waals surface area (Å²) in [5.74, 6) is -0.0439. The van der Waals surface area contributed by atoms with Gasteiger partial charge in [0.25, 0.3) is 10.0 Å². The van der Waals surface area contributed by atoms with Gasteiger partial charge >= 0.3 is 5.69 Å². The summed E-state index contributed by atoms with van der Waals surface area (Å²) in [6.45, 7) is 0. The number of imidazole rings is 1. The van der Waals surface area contributed by atoms with Crippen LogP contribution < -0.4 is 15.7 Å². The van der Waals surface area contributed by atoms with E-state index in [1.807, 2.05) is 0 Å². The van der Waals surface area contributed by atoms with Crippen LogP contribution >= 0.6 is 0 Å². The Morgan fingerprint density at radius 2 is 1.70 bits per heavy atom. The minimum atomic E-state index is -3.82. The number of hydrogen-bond donors (Lipinski definition) is 2. The number of sulfonamides is 1. The highest BCUT2D eigenvalue weighted by molar-refractivity contribution is 7.92. The zero-order valence-electron chi connectivity index (χ0n) is 14.8. The first-order valence-corrected chi connectivity index (χ1v) is 9.86. The van der Waals surface area contributed by atoms with Crippen LogP contribution in [0.1, 0.15) is 12.0 Å². The molecule has 2 aromatic carbocycles. The average molecular weight is 386 g/mol. The van der Waals surface area contributed by atoms with Crippen LogP contribution in [0.4, 0.5) is 11.4 Å². The van der Waals surface area contributed by atoms with Gasteiger partial charge in [-0.15, -0.1) is 0 Å². The van der Waals surface area contributed by atoms with Gasteiger partial charge in [-0.05, 0) is 48.4 Å². The van der Waals surface area contributed by atoms with E-state index in [2.05, 4.69) is 10.0 Å². The molecule has 0 fully saturated rings. The Balaban J connectivity index is 1.70.